The molecule has 3 heterocycles. The molecule has 4 nitrogen and oxygen atoms in total. The molecule has 0 aliphatic heterocycles. The maximum atomic E-state index is 6.40. The van der Waals surface area contributed by atoms with Crippen LogP contribution >= 0.6 is 11.3 Å². The molecule has 0 fully saturated rings. The van der Waals surface area contributed by atoms with E-state index in [-0.39, 0.29) is 0 Å². The summed E-state index contributed by atoms with van der Waals surface area (Å²) in [4.78, 5) is 15.1. The molecule has 0 amide bonds. The standard InChI is InChI=1S/C43H25N3OS/c1-2-11-27(12-3-1)41-44-42(29-14-8-13-28(24-29)32-17-9-18-34-33-16-6-7-19-38(33)48-40(32)34)46-43(45-41)30-20-22-35-37(25-30)47-36-23-21-26-10-4-5-15-31(26)39(35)36/h1-25H. The molecule has 0 aliphatic carbocycles. The maximum absolute atomic E-state index is 6.40. The molecule has 7 aromatic carbocycles. The average molecular weight is 632 g/mol. The first-order chi connectivity index (χ1) is 23.8. The number of benzene rings is 7. The molecule has 10 rings (SSSR count). The Hall–Kier alpha value is -6.17. The molecule has 0 atom stereocenters. The van der Waals surface area contributed by atoms with Crippen molar-refractivity contribution in [1.29, 1.82) is 0 Å². The molecule has 0 radical (unpaired) electrons. The predicted molar refractivity (Wildman–Crippen MR) is 199 cm³/mol. The molecule has 5 heteroatoms. The summed E-state index contributed by atoms with van der Waals surface area (Å²) >= 11 is 1.84. The van der Waals surface area contributed by atoms with Gasteiger partial charge < -0.3 is 4.42 Å². The number of furan rings is 1. The van der Waals surface area contributed by atoms with Gasteiger partial charge in [0.15, 0.2) is 17.5 Å². The summed E-state index contributed by atoms with van der Waals surface area (Å²) in [5.74, 6) is 1.85. The highest BCUT2D eigenvalue weighted by molar-refractivity contribution is 7.26. The van der Waals surface area contributed by atoms with Gasteiger partial charge in [-0.1, -0.05) is 121 Å². The zero-order valence-electron chi connectivity index (χ0n) is 25.6. The smallest absolute Gasteiger partial charge is 0.164 e. The van der Waals surface area contributed by atoms with Gasteiger partial charge in [-0.2, -0.15) is 0 Å². The molecule has 0 bridgehead atoms. The molecule has 0 saturated heterocycles. The summed E-state index contributed by atoms with van der Waals surface area (Å²) < 4.78 is 8.98. The molecule has 0 N–H and O–H groups in total. The van der Waals surface area contributed by atoms with Gasteiger partial charge in [0.25, 0.3) is 0 Å². The van der Waals surface area contributed by atoms with E-state index in [4.69, 9.17) is 19.4 Å². The summed E-state index contributed by atoms with van der Waals surface area (Å²) in [5.41, 5.74) is 6.75. The minimum absolute atomic E-state index is 0.600. The van der Waals surface area contributed by atoms with Gasteiger partial charge in [-0.05, 0) is 52.2 Å². The lowest BCUT2D eigenvalue weighted by Gasteiger charge is -2.10. The van der Waals surface area contributed by atoms with Crippen molar-refractivity contribution in [1.82, 2.24) is 15.0 Å². The zero-order valence-corrected chi connectivity index (χ0v) is 26.4. The number of hydrogen-bond donors (Lipinski definition) is 0. The summed E-state index contributed by atoms with van der Waals surface area (Å²) in [7, 11) is 0. The van der Waals surface area contributed by atoms with Gasteiger partial charge in [0, 0.05) is 47.6 Å². The number of rotatable bonds is 4. The quantitative estimate of drug-likeness (QED) is 0.194. The Morgan fingerprint density at radius 1 is 0.417 bits per heavy atom. The second kappa shape index (κ2) is 10.7. The van der Waals surface area contributed by atoms with Crippen LogP contribution < -0.4 is 0 Å². The lowest BCUT2D eigenvalue weighted by molar-refractivity contribution is 0.669. The maximum Gasteiger partial charge on any atom is 0.164 e. The first kappa shape index (κ1) is 27.0. The van der Waals surface area contributed by atoms with Crippen LogP contribution in [0.25, 0.3) is 98.2 Å². The van der Waals surface area contributed by atoms with Crippen molar-refractivity contribution in [2.75, 3.05) is 0 Å². The third-order valence-electron chi connectivity index (χ3n) is 9.12. The fourth-order valence-corrected chi connectivity index (χ4v) is 8.07. The van der Waals surface area contributed by atoms with E-state index >= 15 is 0 Å². The number of nitrogens with zero attached hydrogens (tertiary/aromatic N) is 3. The first-order valence-electron chi connectivity index (χ1n) is 15.9. The third-order valence-corrected chi connectivity index (χ3v) is 10.3. The van der Waals surface area contributed by atoms with Crippen molar-refractivity contribution in [2.24, 2.45) is 0 Å². The number of hydrogen-bond acceptors (Lipinski definition) is 5. The van der Waals surface area contributed by atoms with Crippen molar-refractivity contribution >= 4 is 64.2 Å². The van der Waals surface area contributed by atoms with Gasteiger partial charge in [0.05, 0.1) is 0 Å². The van der Waals surface area contributed by atoms with Crippen molar-refractivity contribution in [2.45, 2.75) is 0 Å². The van der Waals surface area contributed by atoms with Crippen molar-refractivity contribution in [3.63, 3.8) is 0 Å². The fourth-order valence-electron chi connectivity index (χ4n) is 6.84. The molecular formula is C43H25N3OS. The zero-order chi connectivity index (χ0) is 31.6. The van der Waals surface area contributed by atoms with Gasteiger partial charge in [-0.15, -0.1) is 11.3 Å². The molecule has 3 aromatic heterocycles. The van der Waals surface area contributed by atoms with Crippen LogP contribution in [0.2, 0.25) is 0 Å². The van der Waals surface area contributed by atoms with Crippen molar-refractivity contribution in [3.05, 3.63) is 152 Å². The minimum atomic E-state index is 0.600. The molecule has 0 unspecified atom stereocenters. The molecule has 0 aliphatic rings. The van der Waals surface area contributed by atoms with E-state index in [1.807, 2.05) is 41.7 Å². The van der Waals surface area contributed by atoms with Gasteiger partial charge in [0.1, 0.15) is 11.2 Å². The summed E-state index contributed by atoms with van der Waals surface area (Å²) in [6, 6.07) is 52.7. The normalized spacial score (nSPS) is 11.8. The molecule has 10 aromatic rings. The van der Waals surface area contributed by atoms with E-state index in [0.717, 1.165) is 44.2 Å². The van der Waals surface area contributed by atoms with E-state index in [2.05, 4.69) is 121 Å². The van der Waals surface area contributed by atoms with Gasteiger partial charge >= 0.3 is 0 Å². The van der Waals surface area contributed by atoms with E-state index in [9.17, 15) is 0 Å². The van der Waals surface area contributed by atoms with E-state index in [1.54, 1.807) is 0 Å². The second-order valence-electron chi connectivity index (χ2n) is 12.0. The van der Waals surface area contributed by atoms with Crippen LogP contribution in [-0.2, 0) is 0 Å². The van der Waals surface area contributed by atoms with E-state index < -0.39 is 0 Å². The van der Waals surface area contributed by atoms with Gasteiger partial charge in [-0.3, -0.25) is 0 Å². The molecule has 0 spiro atoms. The van der Waals surface area contributed by atoms with Crippen LogP contribution in [-0.4, -0.2) is 15.0 Å². The number of fused-ring (bicyclic) bond motifs is 8. The minimum Gasteiger partial charge on any atom is -0.456 e. The lowest BCUT2D eigenvalue weighted by atomic mass is 10.0. The third kappa shape index (κ3) is 4.33. The van der Waals surface area contributed by atoms with Crippen molar-refractivity contribution < 1.29 is 4.42 Å². The Morgan fingerprint density at radius 3 is 1.96 bits per heavy atom. The Kier molecular flexibility index (Phi) is 6.01. The van der Waals surface area contributed by atoms with Gasteiger partial charge in [0.2, 0.25) is 0 Å². The predicted octanol–water partition coefficient (Wildman–Crippen LogP) is 12.0. The topological polar surface area (TPSA) is 51.8 Å². The summed E-state index contributed by atoms with van der Waals surface area (Å²) in [5, 5.41) is 7.15. The summed E-state index contributed by atoms with van der Waals surface area (Å²) in [6.07, 6.45) is 0. The molecule has 0 saturated carbocycles. The van der Waals surface area contributed by atoms with E-state index in [1.165, 1.54) is 36.5 Å². The Morgan fingerprint density at radius 2 is 1.08 bits per heavy atom. The van der Waals surface area contributed by atoms with Crippen LogP contribution in [0, 0.1) is 0 Å². The first-order valence-corrected chi connectivity index (χ1v) is 16.8. The SMILES string of the molecule is c1ccc(-c2nc(-c3cccc(-c4cccc5c4sc4ccccc45)c3)nc(-c3ccc4c(c3)oc3ccc5ccccc5c34)n2)cc1. The van der Waals surface area contributed by atoms with E-state index in [0.29, 0.717) is 17.5 Å². The number of aromatic nitrogens is 3. The van der Waals surface area contributed by atoms with Gasteiger partial charge in [-0.25, -0.2) is 15.0 Å². The average Bonchev–Trinajstić information content (AvgIpc) is 3.73. The van der Waals surface area contributed by atoms with Crippen LogP contribution in [0.5, 0.6) is 0 Å². The molecular weight excluding hydrogens is 607 g/mol. The largest absolute Gasteiger partial charge is 0.456 e. The summed E-state index contributed by atoms with van der Waals surface area (Å²) in [6.45, 7) is 0. The monoisotopic (exact) mass is 631 g/mol. The molecule has 48 heavy (non-hydrogen) atoms. The highest BCUT2D eigenvalue weighted by Gasteiger charge is 2.17. The highest BCUT2D eigenvalue weighted by Crippen LogP contribution is 2.41. The second-order valence-corrected chi connectivity index (χ2v) is 13.1. The Balaban J connectivity index is 1.14. The highest BCUT2D eigenvalue weighted by atomic mass is 32.1. The van der Waals surface area contributed by atoms with Crippen molar-refractivity contribution in [3.8, 4) is 45.3 Å². The number of thiophene rings is 1. The Bertz CT molecular complexity index is 2850. The lowest BCUT2D eigenvalue weighted by Crippen LogP contribution is -2.00. The van der Waals surface area contributed by atoms with Crippen LogP contribution in [0.4, 0.5) is 0 Å². The van der Waals surface area contributed by atoms with Crippen LogP contribution in [0.15, 0.2) is 156 Å². The fraction of sp³-hybridized carbons (Fsp3) is 0. The Labute approximate surface area is 279 Å². The van der Waals surface area contributed by atoms with Crippen LogP contribution in [0.1, 0.15) is 0 Å². The molecule has 224 valence electrons. The van der Waals surface area contributed by atoms with Crippen LogP contribution in [0.3, 0.4) is 0 Å².